The average molecular weight is 279 g/mol. The largest absolute Gasteiger partial charge is 0.361 e. The molecular formula is C14H21N3O3. The van der Waals surface area contributed by atoms with E-state index >= 15 is 0 Å². The molecule has 0 radical (unpaired) electrons. The molecule has 0 unspecified atom stereocenters. The molecule has 1 aromatic rings. The zero-order chi connectivity index (χ0) is 14.9. The molecule has 0 aliphatic carbocycles. The Kier molecular flexibility index (Phi) is 3.83. The number of piperazine rings is 1. The fourth-order valence-corrected chi connectivity index (χ4v) is 2.56. The van der Waals surface area contributed by atoms with Crippen LogP contribution in [0.25, 0.3) is 0 Å². The van der Waals surface area contributed by atoms with Crippen molar-refractivity contribution >= 4 is 11.8 Å². The van der Waals surface area contributed by atoms with Gasteiger partial charge < -0.3 is 14.7 Å². The molecule has 20 heavy (non-hydrogen) atoms. The third kappa shape index (κ3) is 2.55. The zero-order valence-corrected chi connectivity index (χ0v) is 12.4. The highest BCUT2D eigenvalue weighted by Crippen LogP contribution is 2.20. The van der Waals surface area contributed by atoms with Gasteiger partial charge in [0.05, 0.1) is 5.69 Å². The molecule has 0 spiro atoms. The minimum atomic E-state index is -0.784. The molecule has 1 aliphatic rings. The lowest BCUT2D eigenvalue weighted by Gasteiger charge is -2.41. The van der Waals surface area contributed by atoms with Crippen molar-refractivity contribution in [2.75, 3.05) is 13.1 Å². The predicted molar refractivity (Wildman–Crippen MR) is 73.1 cm³/mol. The number of carbonyl (C=O) groups excluding carboxylic acids is 2. The molecular weight excluding hydrogens is 258 g/mol. The molecule has 110 valence electrons. The molecule has 1 N–H and O–H groups in total. The molecule has 2 heterocycles. The first kappa shape index (κ1) is 14.6. The number of hydrogen-bond donors (Lipinski definition) is 1. The Hall–Kier alpha value is -1.85. The van der Waals surface area contributed by atoms with E-state index in [1.54, 1.807) is 18.7 Å². The summed E-state index contributed by atoms with van der Waals surface area (Å²) in [7, 11) is 0. The highest BCUT2D eigenvalue weighted by molar-refractivity contribution is 5.91. The number of aryl methyl sites for hydroxylation is 2. The zero-order valence-electron chi connectivity index (χ0n) is 12.4. The smallest absolute Gasteiger partial charge is 0.245 e. The van der Waals surface area contributed by atoms with Crippen LogP contribution in [0.5, 0.6) is 0 Å². The van der Waals surface area contributed by atoms with Crippen molar-refractivity contribution < 1.29 is 14.1 Å². The summed E-state index contributed by atoms with van der Waals surface area (Å²) in [6.07, 6.45) is 0.952. The van der Waals surface area contributed by atoms with E-state index < -0.39 is 5.54 Å². The summed E-state index contributed by atoms with van der Waals surface area (Å²) in [6.45, 7) is 8.33. The van der Waals surface area contributed by atoms with Crippen LogP contribution in [-0.2, 0) is 16.0 Å². The van der Waals surface area contributed by atoms with Crippen molar-refractivity contribution in [3.8, 4) is 0 Å². The molecule has 0 saturated carbocycles. The van der Waals surface area contributed by atoms with Gasteiger partial charge in [-0.1, -0.05) is 5.16 Å². The van der Waals surface area contributed by atoms with E-state index in [1.165, 1.54) is 0 Å². The molecule has 1 aromatic heterocycles. The second kappa shape index (κ2) is 5.26. The lowest BCUT2D eigenvalue weighted by molar-refractivity contribution is -0.149. The van der Waals surface area contributed by atoms with Crippen LogP contribution in [0.2, 0.25) is 0 Å². The molecule has 2 amide bonds. The summed E-state index contributed by atoms with van der Waals surface area (Å²) in [5.74, 6) is 0.644. The average Bonchev–Trinajstić information content (AvgIpc) is 2.69. The molecule has 0 atom stereocenters. The lowest BCUT2D eigenvalue weighted by atomic mass is 9.97. The standard InChI is InChI=1S/C14H21N3O3/c1-9-11(10(2)20-16-9)5-6-12(18)17-8-7-15-13(19)14(17,3)4/h5-8H2,1-4H3,(H,15,19). The van der Waals surface area contributed by atoms with Crippen molar-refractivity contribution in [1.29, 1.82) is 0 Å². The van der Waals surface area contributed by atoms with Gasteiger partial charge >= 0.3 is 0 Å². The Morgan fingerprint density at radius 3 is 2.75 bits per heavy atom. The topological polar surface area (TPSA) is 75.4 Å². The van der Waals surface area contributed by atoms with E-state index in [-0.39, 0.29) is 11.8 Å². The Labute approximate surface area is 118 Å². The second-order valence-corrected chi connectivity index (χ2v) is 5.66. The first-order valence-corrected chi connectivity index (χ1v) is 6.84. The maximum absolute atomic E-state index is 12.4. The van der Waals surface area contributed by atoms with E-state index in [1.807, 2.05) is 13.8 Å². The van der Waals surface area contributed by atoms with Gasteiger partial charge in [0.2, 0.25) is 11.8 Å². The number of hydrogen-bond acceptors (Lipinski definition) is 4. The van der Waals surface area contributed by atoms with Gasteiger partial charge in [-0.2, -0.15) is 0 Å². The Bertz CT molecular complexity index is 514. The number of nitrogens with zero attached hydrogens (tertiary/aromatic N) is 2. The SMILES string of the molecule is Cc1noc(C)c1CCC(=O)N1CCNC(=O)C1(C)C. The Balaban J connectivity index is 2.03. The fourth-order valence-electron chi connectivity index (χ4n) is 2.56. The van der Waals surface area contributed by atoms with Gasteiger partial charge in [0.25, 0.3) is 0 Å². The molecule has 1 aliphatic heterocycles. The highest BCUT2D eigenvalue weighted by atomic mass is 16.5. The van der Waals surface area contributed by atoms with Crippen molar-refractivity contribution in [2.45, 2.75) is 46.1 Å². The molecule has 0 bridgehead atoms. The maximum atomic E-state index is 12.4. The normalized spacial score (nSPS) is 18.0. The molecule has 6 nitrogen and oxygen atoms in total. The van der Waals surface area contributed by atoms with E-state index in [4.69, 9.17) is 4.52 Å². The van der Waals surface area contributed by atoms with Crippen LogP contribution in [-0.4, -0.2) is 40.5 Å². The highest BCUT2D eigenvalue weighted by Gasteiger charge is 2.40. The maximum Gasteiger partial charge on any atom is 0.245 e. The first-order valence-electron chi connectivity index (χ1n) is 6.84. The van der Waals surface area contributed by atoms with Crippen molar-refractivity contribution in [2.24, 2.45) is 0 Å². The molecule has 0 aromatic carbocycles. The lowest BCUT2D eigenvalue weighted by Crippen LogP contribution is -2.63. The first-order chi connectivity index (χ1) is 9.34. The minimum Gasteiger partial charge on any atom is -0.361 e. The summed E-state index contributed by atoms with van der Waals surface area (Å²) < 4.78 is 5.09. The monoisotopic (exact) mass is 279 g/mol. The third-order valence-corrected chi connectivity index (χ3v) is 3.92. The van der Waals surface area contributed by atoms with E-state index in [0.29, 0.717) is 25.9 Å². The predicted octanol–water partition coefficient (Wildman–Crippen LogP) is 0.961. The molecule has 1 fully saturated rings. The number of amides is 2. The van der Waals surface area contributed by atoms with E-state index in [0.717, 1.165) is 17.0 Å². The van der Waals surface area contributed by atoms with Crippen molar-refractivity contribution in [3.05, 3.63) is 17.0 Å². The van der Waals surface area contributed by atoms with Gasteiger partial charge in [-0.25, -0.2) is 0 Å². The van der Waals surface area contributed by atoms with Gasteiger partial charge in [0.1, 0.15) is 11.3 Å². The molecule has 6 heteroatoms. The van der Waals surface area contributed by atoms with E-state index in [9.17, 15) is 9.59 Å². The van der Waals surface area contributed by atoms with Crippen molar-refractivity contribution in [1.82, 2.24) is 15.4 Å². The summed E-state index contributed by atoms with van der Waals surface area (Å²) in [6, 6.07) is 0. The van der Waals surface area contributed by atoms with Crippen LogP contribution in [0.3, 0.4) is 0 Å². The quantitative estimate of drug-likeness (QED) is 0.894. The van der Waals surface area contributed by atoms with Crippen LogP contribution in [0.4, 0.5) is 0 Å². The second-order valence-electron chi connectivity index (χ2n) is 5.66. The summed E-state index contributed by atoms with van der Waals surface area (Å²) >= 11 is 0. The number of aromatic nitrogens is 1. The fraction of sp³-hybridized carbons (Fsp3) is 0.643. The van der Waals surface area contributed by atoms with Crippen LogP contribution in [0, 0.1) is 13.8 Å². The van der Waals surface area contributed by atoms with Gasteiger partial charge in [-0.05, 0) is 34.1 Å². The molecule has 1 saturated heterocycles. The summed E-state index contributed by atoms with van der Waals surface area (Å²) in [5.41, 5.74) is 1.03. The van der Waals surface area contributed by atoms with Gasteiger partial charge in [-0.15, -0.1) is 0 Å². The van der Waals surface area contributed by atoms with Crippen molar-refractivity contribution in [3.63, 3.8) is 0 Å². The number of nitrogens with one attached hydrogen (secondary N) is 1. The summed E-state index contributed by atoms with van der Waals surface area (Å²) in [5, 5.41) is 6.67. The Morgan fingerprint density at radius 2 is 2.15 bits per heavy atom. The van der Waals surface area contributed by atoms with Crippen LogP contribution >= 0.6 is 0 Å². The molecule has 2 rings (SSSR count). The summed E-state index contributed by atoms with van der Waals surface area (Å²) in [4.78, 5) is 25.9. The van der Waals surface area contributed by atoms with Gasteiger partial charge in [-0.3, -0.25) is 9.59 Å². The van der Waals surface area contributed by atoms with E-state index in [2.05, 4.69) is 10.5 Å². The Morgan fingerprint density at radius 1 is 1.45 bits per heavy atom. The minimum absolute atomic E-state index is 0.00940. The third-order valence-electron chi connectivity index (χ3n) is 3.92. The van der Waals surface area contributed by atoms with Crippen LogP contribution in [0.1, 0.15) is 37.3 Å². The van der Waals surface area contributed by atoms with Crippen LogP contribution < -0.4 is 5.32 Å². The van der Waals surface area contributed by atoms with Gasteiger partial charge in [0.15, 0.2) is 0 Å². The number of carbonyl (C=O) groups is 2. The van der Waals surface area contributed by atoms with Crippen LogP contribution in [0.15, 0.2) is 4.52 Å². The van der Waals surface area contributed by atoms with Gasteiger partial charge in [0, 0.05) is 25.1 Å². The number of rotatable bonds is 3.